The highest BCUT2D eigenvalue weighted by Gasteiger charge is 2.22. The summed E-state index contributed by atoms with van der Waals surface area (Å²) in [5.41, 5.74) is 1.99. The number of methoxy groups -OCH3 is 1. The zero-order valence-corrected chi connectivity index (χ0v) is 20.8. The van der Waals surface area contributed by atoms with E-state index >= 15 is 0 Å². The van der Waals surface area contributed by atoms with Crippen LogP contribution in [0.4, 0.5) is 5.69 Å². The van der Waals surface area contributed by atoms with Gasteiger partial charge in [0.2, 0.25) is 5.91 Å². The van der Waals surface area contributed by atoms with E-state index in [0.29, 0.717) is 11.1 Å². The molecular weight excluding hydrogens is 436 g/mol. The number of aromatic nitrogens is 3. The normalized spacial score (nSPS) is 12.1. The number of amides is 1. The molecule has 0 aliphatic carbocycles. The standard InChI is InChI=1S/C25H32N4O3S/c1-16(2)19-7-11-22(12-8-19)32-18(5)24-27-28-25(29(24)17(3)4)33-15-23(30)26-20-9-13-21(31-6)14-10-20/h7-14,16-18H,15H2,1-6H3,(H,26,30). The molecule has 3 aromatic rings. The van der Waals surface area contributed by atoms with Gasteiger partial charge < -0.3 is 19.4 Å². The fourth-order valence-corrected chi connectivity index (χ4v) is 4.21. The molecule has 0 aliphatic heterocycles. The Morgan fingerprint density at radius 2 is 1.61 bits per heavy atom. The van der Waals surface area contributed by atoms with E-state index in [-0.39, 0.29) is 23.8 Å². The maximum absolute atomic E-state index is 12.4. The van der Waals surface area contributed by atoms with Crippen LogP contribution in [0.2, 0.25) is 0 Å². The minimum absolute atomic E-state index is 0.112. The molecule has 0 saturated carbocycles. The number of carbonyl (C=O) groups excluding carboxylic acids is 1. The zero-order chi connectivity index (χ0) is 24.0. The molecule has 1 atom stereocenters. The summed E-state index contributed by atoms with van der Waals surface area (Å²) in [7, 11) is 1.61. The Hall–Kier alpha value is -3.00. The van der Waals surface area contributed by atoms with Crippen molar-refractivity contribution < 1.29 is 14.3 Å². The topological polar surface area (TPSA) is 78.3 Å². The van der Waals surface area contributed by atoms with Crippen molar-refractivity contribution in [3.05, 3.63) is 59.9 Å². The highest BCUT2D eigenvalue weighted by Crippen LogP contribution is 2.28. The molecule has 7 nitrogen and oxygen atoms in total. The molecule has 2 aromatic carbocycles. The van der Waals surface area contributed by atoms with Crippen molar-refractivity contribution in [2.45, 2.75) is 57.8 Å². The number of thioether (sulfide) groups is 1. The van der Waals surface area contributed by atoms with Gasteiger partial charge in [-0.3, -0.25) is 4.79 Å². The zero-order valence-electron chi connectivity index (χ0n) is 20.0. The number of carbonyl (C=O) groups is 1. The van der Waals surface area contributed by atoms with Crippen LogP contribution >= 0.6 is 11.8 Å². The number of nitrogens with zero attached hydrogens (tertiary/aromatic N) is 3. The van der Waals surface area contributed by atoms with Gasteiger partial charge in [-0.1, -0.05) is 37.7 Å². The number of benzene rings is 2. The molecule has 0 fully saturated rings. The summed E-state index contributed by atoms with van der Waals surface area (Å²) in [4.78, 5) is 12.4. The number of hydrogen-bond donors (Lipinski definition) is 1. The van der Waals surface area contributed by atoms with E-state index in [1.165, 1.54) is 17.3 Å². The lowest BCUT2D eigenvalue weighted by Gasteiger charge is -2.19. The average Bonchev–Trinajstić information content (AvgIpc) is 3.23. The second-order valence-corrected chi connectivity index (χ2v) is 9.30. The van der Waals surface area contributed by atoms with E-state index in [1.54, 1.807) is 7.11 Å². The number of nitrogens with one attached hydrogen (secondary N) is 1. The van der Waals surface area contributed by atoms with Crippen LogP contribution in [0.1, 0.15) is 64.1 Å². The van der Waals surface area contributed by atoms with Gasteiger partial charge in [0.1, 0.15) is 11.5 Å². The molecule has 0 saturated heterocycles. The van der Waals surface area contributed by atoms with Crippen molar-refractivity contribution in [3.8, 4) is 11.5 Å². The van der Waals surface area contributed by atoms with Crippen molar-refractivity contribution in [2.75, 3.05) is 18.2 Å². The highest BCUT2D eigenvalue weighted by atomic mass is 32.2. The quantitative estimate of drug-likeness (QED) is 0.375. The van der Waals surface area contributed by atoms with Crippen LogP contribution in [-0.4, -0.2) is 33.5 Å². The van der Waals surface area contributed by atoms with E-state index in [0.717, 1.165) is 23.0 Å². The molecule has 1 N–H and O–H groups in total. The first-order chi connectivity index (χ1) is 15.8. The van der Waals surface area contributed by atoms with Crippen LogP contribution in [0.5, 0.6) is 11.5 Å². The van der Waals surface area contributed by atoms with Crippen molar-refractivity contribution in [1.29, 1.82) is 0 Å². The maximum Gasteiger partial charge on any atom is 0.234 e. The molecule has 0 aliphatic rings. The van der Waals surface area contributed by atoms with E-state index in [1.807, 2.05) is 47.9 Å². The van der Waals surface area contributed by atoms with Crippen molar-refractivity contribution in [2.24, 2.45) is 0 Å². The molecule has 8 heteroatoms. The number of hydrogen-bond acceptors (Lipinski definition) is 6. The second kappa shape index (κ2) is 11.2. The Kier molecular flexibility index (Phi) is 8.38. The minimum atomic E-state index is -0.285. The van der Waals surface area contributed by atoms with Gasteiger partial charge in [0.05, 0.1) is 12.9 Å². The summed E-state index contributed by atoms with van der Waals surface area (Å²) >= 11 is 1.36. The first kappa shape index (κ1) is 24.6. The van der Waals surface area contributed by atoms with Gasteiger partial charge in [-0.2, -0.15) is 0 Å². The van der Waals surface area contributed by atoms with Crippen molar-refractivity contribution in [1.82, 2.24) is 14.8 Å². The van der Waals surface area contributed by atoms with Gasteiger partial charge in [0.15, 0.2) is 17.1 Å². The molecular formula is C25H32N4O3S. The summed E-state index contributed by atoms with van der Waals surface area (Å²) in [6.45, 7) is 10.4. The molecule has 0 bridgehead atoms. The Morgan fingerprint density at radius 3 is 2.18 bits per heavy atom. The second-order valence-electron chi connectivity index (χ2n) is 8.35. The van der Waals surface area contributed by atoms with Crippen LogP contribution in [0, 0.1) is 0 Å². The SMILES string of the molecule is COc1ccc(NC(=O)CSc2nnc(C(C)Oc3ccc(C(C)C)cc3)n2C(C)C)cc1. The van der Waals surface area contributed by atoms with Crippen LogP contribution in [0.15, 0.2) is 53.7 Å². The molecule has 0 radical (unpaired) electrons. The Balaban J connectivity index is 1.64. The summed E-state index contributed by atoms with van der Waals surface area (Å²) in [6, 6.07) is 15.5. The molecule has 1 aromatic heterocycles. The Bertz CT molecular complexity index is 1050. The lowest BCUT2D eigenvalue weighted by atomic mass is 10.0. The van der Waals surface area contributed by atoms with Crippen LogP contribution in [-0.2, 0) is 4.79 Å². The molecule has 0 spiro atoms. The summed E-state index contributed by atoms with van der Waals surface area (Å²) in [5, 5.41) is 12.3. The van der Waals surface area contributed by atoms with Gasteiger partial charge >= 0.3 is 0 Å². The number of rotatable bonds is 10. The van der Waals surface area contributed by atoms with Gasteiger partial charge in [-0.05, 0) is 68.7 Å². The molecule has 1 amide bonds. The molecule has 1 unspecified atom stereocenters. The lowest BCUT2D eigenvalue weighted by molar-refractivity contribution is -0.113. The van der Waals surface area contributed by atoms with Crippen LogP contribution in [0.25, 0.3) is 0 Å². The van der Waals surface area contributed by atoms with Crippen molar-refractivity contribution >= 4 is 23.4 Å². The third-order valence-corrected chi connectivity index (χ3v) is 6.08. The molecule has 3 rings (SSSR count). The summed E-state index contributed by atoms with van der Waals surface area (Å²) < 4.78 is 13.3. The third-order valence-electron chi connectivity index (χ3n) is 5.14. The number of anilines is 1. The Morgan fingerprint density at radius 1 is 0.970 bits per heavy atom. The summed E-state index contributed by atoms with van der Waals surface area (Å²) in [6.07, 6.45) is -0.285. The van der Waals surface area contributed by atoms with Crippen LogP contribution in [0.3, 0.4) is 0 Å². The van der Waals surface area contributed by atoms with Crippen LogP contribution < -0.4 is 14.8 Å². The maximum atomic E-state index is 12.4. The predicted molar refractivity (Wildman–Crippen MR) is 132 cm³/mol. The first-order valence-corrected chi connectivity index (χ1v) is 12.0. The van der Waals surface area contributed by atoms with Crippen molar-refractivity contribution in [3.63, 3.8) is 0 Å². The Labute approximate surface area is 199 Å². The van der Waals surface area contributed by atoms with E-state index in [4.69, 9.17) is 9.47 Å². The molecule has 1 heterocycles. The largest absolute Gasteiger partial charge is 0.497 e. The predicted octanol–water partition coefficient (Wildman–Crippen LogP) is 5.86. The monoisotopic (exact) mass is 468 g/mol. The first-order valence-electron chi connectivity index (χ1n) is 11.1. The van der Waals surface area contributed by atoms with Gasteiger partial charge in [-0.15, -0.1) is 10.2 Å². The van der Waals surface area contributed by atoms with Gasteiger partial charge in [0.25, 0.3) is 0 Å². The smallest absolute Gasteiger partial charge is 0.234 e. The average molecular weight is 469 g/mol. The van der Waals surface area contributed by atoms with E-state index < -0.39 is 0 Å². The molecule has 33 heavy (non-hydrogen) atoms. The third kappa shape index (κ3) is 6.51. The van der Waals surface area contributed by atoms with Gasteiger partial charge in [0, 0.05) is 11.7 Å². The van der Waals surface area contributed by atoms with Gasteiger partial charge in [-0.25, -0.2) is 0 Å². The fourth-order valence-electron chi connectivity index (χ4n) is 3.34. The minimum Gasteiger partial charge on any atom is -0.497 e. The molecule has 176 valence electrons. The summed E-state index contributed by atoms with van der Waals surface area (Å²) in [5.74, 6) is 2.85. The highest BCUT2D eigenvalue weighted by molar-refractivity contribution is 7.99. The van der Waals surface area contributed by atoms with E-state index in [9.17, 15) is 4.79 Å². The lowest BCUT2D eigenvalue weighted by Crippen LogP contribution is -2.16. The van der Waals surface area contributed by atoms with E-state index in [2.05, 4.69) is 55.3 Å². The number of ether oxygens (including phenoxy) is 2. The fraction of sp³-hybridized carbons (Fsp3) is 0.400.